The third-order valence-electron chi connectivity index (χ3n) is 4.35. The lowest BCUT2D eigenvalue weighted by molar-refractivity contribution is -0.132. The molecule has 7 nitrogen and oxygen atoms in total. The molecule has 1 aromatic carbocycles. The molecule has 2 heterocycles. The summed E-state index contributed by atoms with van der Waals surface area (Å²) in [6, 6.07) is 5.51. The second-order valence-electron chi connectivity index (χ2n) is 6.16. The number of hydrogen-bond acceptors (Lipinski definition) is 5. The van der Waals surface area contributed by atoms with E-state index in [-0.39, 0.29) is 24.2 Å². The van der Waals surface area contributed by atoms with E-state index in [2.05, 4.69) is 9.97 Å². The Labute approximate surface area is 150 Å². The summed E-state index contributed by atoms with van der Waals surface area (Å²) in [6.45, 7) is 2.66. The number of halogens is 1. The largest absolute Gasteiger partial charge is 0.484 e. The molecule has 26 heavy (non-hydrogen) atoms. The summed E-state index contributed by atoms with van der Waals surface area (Å²) in [6.07, 6.45) is 2.17. The Morgan fingerprint density at radius 1 is 1.35 bits per heavy atom. The van der Waals surface area contributed by atoms with Gasteiger partial charge in [-0.25, -0.2) is 14.4 Å². The topological polar surface area (TPSA) is 98.4 Å². The van der Waals surface area contributed by atoms with Gasteiger partial charge >= 0.3 is 0 Å². The van der Waals surface area contributed by atoms with Gasteiger partial charge in [0.25, 0.3) is 11.8 Å². The van der Waals surface area contributed by atoms with Crippen molar-refractivity contribution in [2.75, 3.05) is 19.7 Å². The standard InChI is InChI=1S/C18H19FN4O3/c1-11-15(17(20)25)8-21-18(22-11)12-6-7-23(9-12)16(24)10-26-14-4-2-13(19)3-5-14/h2-5,8,12H,6-7,9-10H2,1H3,(H2,20,25)/t12-/m1/s1. The molecular weight excluding hydrogens is 339 g/mol. The first-order valence-electron chi connectivity index (χ1n) is 8.23. The summed E-state index contributed by atoms with van der Waals surface area (Å²) in [5.41, 5.74) is 6.10. The average molecular weight is 358 g/mol. The molecule has 1 saturated heterocycles. The number of rotatable bonds is 5. The molecule has 1 aromatic heterocycles. The summed E-state index contributed by atoms with van der Waals surface area (Å²) in [5.74, 6) is -0.0228. The minimum absolute atomic E-state index is 0.00500. The molecule has 136 valence electrons. The van der Waals surface area contributed by atoms with Crippen LogP contribution in [0.15, 0.2) is 30.5 Å². The number of primary amides is 1. The van der Waals surface area contributed by atoms with Crippen LogP contribution in [-0.4, -0.2) is 46.4 Å². The zero-order chi connectivity index (χ0) is 18.7. The summed E-state index contributed by atoms with van der Waals surface area (Å²) >= 11 is 0. The van der Waals surface area contributed by atoms with Gasteiger partial charge in [0.15, 0.2) is 6.61 Å². The van der Waals surface area contributed by atoms with E-state index in [1.807, 2.05) is 0 Å². The Bertz CT molecular complexity index is 826. The first-order chi connectivity index (χ1) is 12.4. The van der Waals surface area contributed by atoms with Gasteiger partial charge in [-0.2, -0.15) is 0 Å². The van der Waals surface area contributed by atoms with Crippen LogP contribution in [-0.2, 0) is 4.79 Å². The zero-order valence-corrected chi connectivity index (χ0v) is 14.3. The van der Waals surface area contributed by atoms with Gasteiger partial charge in [-0.15, -0.1) is 0 Å². The lowest BCUT2D eigenvalue weighted by Crippen LogP contribution is -2.33. The van der Waals surface area contributed by atoms with Crippen molar-refractivity contribution in [2.45, 2.75) is 19.3 Å². The van der Waals surface area contributed by atoms with Gasteiger partial charge in [0.1, 0.15) is 17.4 Å². The second kappa shape index (κ2) is 7.47. The number of aryl methyl sites for hydroxylation is 1. The van der Waals surface area contributed by atoms with Crippen molar-refractivity contribution < 1.29 is 18.7 Å². The Kier molecular flexibility index (Phi) is 5.11. The van der Waals surface area contributed by atoms with Gasteiger partial charge in [0.2, 0.25) is 0 Å². The monoisotopic (exact) mass is 358 g/mol. The smallest absolute Gasteiger partial charge is 0.260 e. The Morgan fingerprint density at radius 2 is 2.08 bits per heavy atom. The van der Waals surface area contributed by atoms with E-state index in [4.69, 9.17) is 10.5 Å². The molecule has 2 amide bonds. The highest BCUT2D eigenvalue weighted by atomic mass is 19.1. The molecule has 0 bridgehead atoms. The number of nitrogens with two attached hydrogens (primary N) is 1. The fraction of sp³-hybridized carbons (Fsp3) is 0.333. The van der Waals surface area contributed by atoms with Gasteiger partial charge in [-0.05, 0) is 37.6 Å². The van der Waals surface area contributed by atoms with Crippen LogP contribution in [0.2, 0.25) is 0 Å². The number of likely N-dealkylation sites (tertiary alicyclic amines) is 1. The molecule has 0 saturated carbocycles. The third-order valence-corrected chi connectivity index (χ3v) is 4.35. The molecule has 8 heteroatoms. The SMILES string of the molecule is Cc1nc([C@@H]2CCN(C(=O)COc3ccc(F)cc3)C2)ncc1C(N)=O. The quantitative estimate of drug-likeness (QED) is 0.871. The van der Waals surface area contributed by atoms with Crippen molar-refractivity contribution in [3.63, 3.8) is 0 Å². The highest BCUT2D eigenvalue weighted by Gasteiger charge is 2.29. The predicted octanol–water partition coefficient (Wildman–Crippen LogP) is 1.42. The van der Waals surface area contributed by atoms with Crippen LogP contribution in [0.3, 0.4) is 0 Å². The Balaban J connectivity index is 1.57. The summed E-state index contributed by atoms with van der Waals surface area (Å²) in [5, 5.41) is 0. The van der Waals surface area contributed by atoms with Crippen LogP contribution in [0.25, 0.3) is 0 Å². The molecule has 1 aliphatic rings. The van der Waals surface area contributed by atoms with Crippen LogP contribution in [0.1, 0.15) is 34.2 Å². The number of nitrogens with zero attached hydrogens (tertiary/aromatic N) is 3. The average Bonchev–Trinajstić information content (AvgIpc) is 3.11. The molecule has 2 aromatic rings. The number of hydrogen-bond donors (Lipinski definition) is 1. The number of aromatic nitrogens is 2. The van der Waals surface area contributed by atoms with E-state index in [0.717, 1.165) is 6.42 Å². The van der Waals surface area contributed by atoms with Crippen molar-refractivity contribution in [2.24, 2.45) is 5.73 Å². The molecule has 0 unspecified atom stereocenters. The number of carbonyl (C=O) groups excluding carboxylic acids is 2. The third kappa shape index (κ3) is 3.96. The van der Waals surface area contributed by atoms with Crippen molar-refractivity contribution in [3.05, 3.63) is 53.4 Å². The predicted molar refractivity (Wildman–Crippen MR) is 91.1 cm³/mol. The summed E-state index contributed by atoms with van der Waals surface area (Å²) < 4.78 is 18.3. The molecule has 0 radical (unpaired) electrons. The van der Waals surface area contributed by atoms with Crippen molar-refractivity contribution >= 4 is 11.8 Å². The fourth-order valence-corrected chi connectivity index (χ4v) is 2.89. The van der Waals surface area contributed by atoms with Crippen LogP contribution >= 0.6 is 0 Å². The lowest BCUT2D eigenvalue weighted by Gasteiger charge is -2.17. The summed E-state index contributed by atoms with van der Waals surface area (Å²) in [7, 11) is 0. The van der Waals surface area contributed by atoms with Gasteiger partial charge in [-0.3, -0.25) is 9.59 Å². The van der Waals surface area contributed by atoms with Crippen LogP contribution in [0.5, 0.6) is 5.75 Å². The molecule has 1 atom stereocenters. The highest BCUT2D eigenvalue weighted by Crippen LogP contribution is 2.25. The first kappa shape index (κ1) is 17.8. The van der Waals surface area contributed by atoms with E-state index in [9.17, 15) is 14.0 Å². The molecule has 0 aliphatic carbocycles. The summed E-state index contributed by atoms with van der Waals surface area (Å²) in [4.78, 5) is 33.8. The minimum Gasteiger partial charge on any atom is -0.484 e. The van der Waals surface area contributed by atoms with Gasteiger partial charge in [0, 0.05) is 25.2 Å². The fourth-order valence-electron chi connectivity index (χ4n) is 2.89. The minimum atomic E-state index is -0.560. The van der Waals surface area contributed by atoms with E-state index >= 15 is 0 Å². The first-order valence-corrected chi connectivity index (χ1v) is 8.23. The van der Waals surface area contributed by atoms with Gasteiger partial charge < -0.3 is 15.4 Å². The van der Waals surface area contributed by atoms with Crippen molar-refractivity contribution in [3.8, 4) is 5.75 Å². The molecule has 1 aliphatic heterocycles. The zero-order valence-electron chi connectivity index (χ0n) is 14.3. The van der Waals surface area contributed by atoms with Crippen molar-refractivity contribution in [1.29, 1.82) is 0 Å². The van der Waals surface area contributed by atoms with Crippen LogP contribution < -0.4 is 10.5 Å². The maximum absolute atomic E-state index is 12.9. The Morgan fingerprint density at radius 3 is 2.73 bits per heavy atom. The van der Waals surface area contributed by atoms with Gasteiger partial charge in [-0.1, -0.05) is 0 Å². The normalized spacial score (nSPS) is 16.5. The van der Waals surface area contributed by atoms with E-state index in [1.54, 1.807) is 11.8 Å². The van der Waals surface area contributed by atoms with Crippen molar-refractivity contribution in [1.82, 2.24) is 14.9 Å². The molecule has 2 N–H and O–H groups in total. The molecular formula is C18H19FN4O3. The van der Waals surface area contributed by atoms with E-state index in [1.165, 1.54) is 30.5 Å². The maximum atomic E-state index is 12.9. The second-order valence-corrected chi connectivity index (χ2v) is 6.16. The van der Waals surface area contributed by atoms with Gasteiger partial charge in [0.05, 0.1) is 11.3 Å². The van der Waals surface area contributed by atoms with Crippen LogP contribution in [0.4, 0.5) is 4.39 Å². The number of benzene rings is 1. The number of carbonyl (C=O) groups is 2. The molecule has 1 fully saturated rings. The molecule has 0 spiro atoms. The van der Waals surface area contributed by atoms with Crippen LogP contribution in [0, 0.1) is 12.7 Å². The Hall–Kier alpha value is -3.03. The van der Waals surface area contributed by atoms with E-state index in [0.29, 0.717) is 35.9 Å². The van der Waals surface area contributed by atoms with E-state index < -0.39 is 5.91 Å². The number of ether oxygens (including phenoxy) is 1. The lowest BCUT2D eigenvalue weighted by atomic mass is 10.1. The number of amides is 2. The maximum Gasteiger partial charge on any atom is 0.260 e. The highest BCUT2D eigenvalue weighted by molar-refractivity contribution is 5.93. The molecule has 3 rings (SSSR count).